The Morgan fingerprint density at radius 3 is 2.62 bits per heavy atom. The molecular formula is C15H12Cl2N2O2. The van der Waals surface area contributed by atoms with Crippen molar-refractivity contribution in [2.45, 2.75) is 6.42 Å². The van der Waals surface area contributed by atoms with Crippen molar-refractivity contribution in [3.05, 3.63) is 57.7 Å². The SMILES string of the molecule is O=C1CCNc2ccc(Cl)cc2[N+]1([O-])c1ccccc1Cl. The first-order valence-corrected chi connectivity index (χ1v) is 7.21. The number of quaternary nitrogens is 1. The summed E-state index contributed by atoms with van der Waals surface area (Å²) in [5.74, 6) is -0.475. The van der Waals surface area contributed by atoms with Gasteiger partial charge in [0.2, 0.25) is 0 Å². The van der Waals surface area contributed by atoms with E-state index in [1.165, 1.54) is 6.07 Å². The first-order chi connectivity index (χ1) is 10.0. The number of anilines is 1. The van der Waals surface area contributed by atoms with Crippen LogP contribution >= 0.6 is 23.2 Å². The van der Waals surface area contributed by atoms with Crippen LogP contribution in [-0.4, -0.2) is 12.5 Å². The quantitative estimate of drug-likeness (QED) is 0.622. The van der Waals surface area contributed by atoms with E-state index in [2.05, 4.69) is 5.32 Å². The minimum Gasteiger partial charge on any atom is -0.614 e. The molecule has 4 nitrogen and oxygen atoms in total. The fourth-order valence-electron chi connectivity index (χ4n) is 2.48. The molecule has 1 unspecified atom stereocenters. The van der Waals surface area contributed by atoms with E-state index in [9.17, 15) is 10.0 Å². The molecule has 0 saturated heterocycles. The van der Waals surface area contributed by atoms with E-state index in [1.54, 1.807) is 36.4 Å². The van der Waals surface area contributed by atoms with Crippen LogP contribution in [0.2, 0.25) is 10.0 Å². The summed E-state index contributed by atoms with van der Waals surface area (Å²) in [7, 11) is 0. The molecule has 0 spiro atoms. The number of fused-ring (bicyclic) bond motifs is 1. The van der Waals surface area contributed by atoms with Gasteiger partial charge in [-0.15, -0.1) is 0 Å². The molecule has 1 aliphatic heterocycles. The van der Waals surface area contributed by atoms with Crippen molar-refractivity contribution in [1.82, 2.24) is 4.65 Å². The number of hydrogen-bond acceptors (Lipinski definition) is 3. The predicted octanol–water partition coefficient (Wildman–Crippen LogP) is 4.47. The van der Waals surface area contributed by atoms with Crippen molar-refractivity contribution in [3.8, 4) is 0 Å². The summed E-state index contributed by atoms with van der Waals surface area (Å²) in [6, 6.07) is 11.5. The maximum Gasteiger partial charge on any atom is 0.325 e. The van der Waals surface area contributed by atoms with E-state index >= 15 is 0 Å². The molecule has 0 fully saturated rings. The van der Waals surface area contributed by atoms with Gasteiger partial charge in [-0.3, -0.25) is 0 Å². The number of benzene rings is 2. The molecule has 21 heavy (non-hydrogen) atoms. The lowest BCUT2D eigenvalue weighted by atomic mass is 10.2. The molecule has 1 N–H and O–H groups in total. The second-order valence-corrected chi connectivity index (χ2v) is 5.64. The summed E-state index contributed by atoms with van der Waals surface area (Å²) in [4.78, 5) is 12.5. The summed E-state index contributed by atoms with van der Waals surface area (Å²) >= 11 is 12.2. The Hall–Kier alpha value is -1.59. The largest absolute Gasteiger partial charge is 0.614 e. The van der Waals surface area contributed by atoms with Crippen molar-refractivity contribution in [2.24, 2.45) is 0 Å². The van der Waals surface area contributed by atoms with Crippen molar-refractivity contribution in [1.29, 1.82) is 0 Å². The minimum absolute atomic E-state index is 0.112. The second-order valence-electron chi connectivity index (χ2n) is 4.79. The van der Waals surface area contributed by atoms with Crippen LogP contribution in [-0.2, 0) is 4.79 Å². The summed E-state index contributed by atoms with van der Waals surface area (Å²) in [6.07, 6.45) is 0.112. The van der Waals surface area contributed by atoms with Crippen molar-refractivity contribution < 1.29 is 4.79 Å². The number of halogens is 2. The molecule has 1 amide bonds. The number of rotatable bonds is 1. The molecule has 2 aromatic rings. The van der Waals surface area contributed by atoms with Gasteiger partial charge in [0.25, 0.3) is 0 Å². The third-order valence-electron chi connectivity index (χ3n) is 3.50. The fraction of sp³-hybridized carbons (Fsp3) is 0.133. The number of hydrogen-bond donors (Lipinski definition) is 1. The van der Waals surface area contributed by atoms with Crippen LogP contribution in [0.4, 0.5) is 17.1 Å². The van der Waals surface area contributed by atoms with E-state index in [0.717, 1.165) is 0 Å². The smallest absolute Gasteiger partial charge is 0.325 e. The number of amides is 1. The van der Waals surface area contributed by atoms with Gasteiger partial charge in [-0.2, -0.15) is 0 Å². The fourth-order valence-corrected chi connectivity index (χ4v) is 2.90. The predicted molar refractivity (Wildman–Crippen MR) is 85.8 cm³/mol. The highest BCUT2D eigenvalue weighted by Crippen LogP contribution is 2.45. The number of nitrogens with one attached hydrogen (secondary N) is 1. The number of para-hydroxylation sites is 1. The Morgan fingerprint density at radius 2 is 1.86 bits per heavy atom. The molecule has 1 heterocycles. The number of hydroxylamine groups is 1. The van der Waals surface area contributed by atoms with E-state index in [0.29, 0.717) is 17.3 Å². The normalized spacial score (nSPS) is 21.4. The van der Waals surface area contributed by atoms with Crippen LogP contribution in [0.1, 0.15) is 6.42 Å². The van der Waals surface area contributed by atoms with Crippen LogP contribution < -0.4 is 9.96 Å². The van der Waals surface area contributed by atoms with Crippen molar-refractivity contribution >= 4 is 46.2 Å². The van der Waals surface area contributed by atoms with Gasteiger partial charge in [-0.1, -0.05) is 35.3 Å². The summed E-state index contributed by atoms with van der Waals surface area (Å²) < 4.78 is -1.23. The molecule has 2 aromatic carbocycles. The Bertz CT molecular complexity index is 721. The molecule has 0 saturated carbocycles. The molecule has 108 valence electrons. The molecule has 0 radical (unpaired) electrons. The van der Waals surface area contributed by atoms with Gasteiger partial charge in [0, 0.05) is 23.7 Å². The van der Waals surface area contributed by atoms with Gasteiger partial charge < -0.3 is 10.5 Å². The van der Waals surface area contributed by atoms with E-state index < -0.39 is 10.6 Å². The van der Waals surface area contributed by atoms with Gasteiger partial charge in [0.05, 0.1) is 12.1 Å². The Balaban J connectivity index is 2.31. The topological polar surface area (TPSA) is 52.2 Å². The van der Waals surface area contributed by atoms with E-state index in [4.69, 9.17) is 23.2 Å². The zero-order chi connectivity index (χ0) is 15.0. The number of carbonyl (C=O) groups is 1. The lowest BCUT2D eigenvalue weighted by Gasteiger charge is -2.38. The van der Waals surface area contributed by atoms with Crippen LogP contribution in [0.3, 0.4) is 0 Å². The summed E-state index contributed by atoms with van der Waals surface area (Å²) in [5.41, 5.74) is 1.06. The second kappa shape index (κ2) is 5.31. The lowest BCUT2D eigenvalue weighted by molar-refractivity contribution is -0.125. The molecule has 1 atom stereocenters. The Labute approximate surface area is 132 Å². The highest BCUT2D eigenvalue weighted by atomic mass is 35.5. The summed E-state index contributed by atoms with van der Waals surface area (Å²) in [6.45, 7) is 0.403. The third kappa shape index (κ3) is 2.30. The maximum atomic E-state index is 13.5. The zero-order valence-corrected chi connectivity index (χ0v) is 12.5. The van der Waals surface area contributed by atoms with Crippen LogP contribution in [0.5, 0.6) is 0 Å². The van der Waals surface area contributed by atoms with Crippen molar-refractivity contribution in [3.63, 3.8) is 0 Å². The third-order valence-corrected chi connectivity index (χ3v) is 4.05. The zero-order valence-electron chi connectivity index (χ0n) is 11.0. The molecule has 3 rings (SSSR count). The van der Waals surface area contributed by atoms with E-state index in [-0.39, 0.29) is 22.8 Å². The Morgan fingerprint density at radius 1 is 1.10 bits per heavy atom. The van der Waals surface area contributed by atoms with Gasteiger partial charge in [-0.05, 0) is 18.2 Å². The van der Waals surface area contributed by atoms with Crippen LogP contribution in [0.25, 0.3) is 0 Å². The van der Waals surface area contributed by atoms with Crippen LogP contribution in [0, 0.1) is 5.21 Å². The molecule has 0 aliphatic carbocycles. The molecule has 1 aliphatic rings. The van der Waals surface area contributed by atoms with Gasteiger partial charge in [0.15, 0.2) is 11.4 Å². The highest BCUT2D eigenvalue weighted by Gasteiger charge is 2.38. The average molecular weight is 323 g/mol. The van der Waals surface area contributed by atoms with Gasteiger partial charge in [-0.25, -0.2) is 9.44 Å². The minimum atomic E-state index is -1.23. The molecule has 0 aromatic heterocycles. The van der Waals surface area contributed by atoms with Crippen LogP contribution in [0.15, 0.2) is 42.5 Å². The molecule has 0 bridgehead atoms. The van der Waals surface area contributed by atoms with E-state index in [1.807, 2.05) is 0 Å². The summed E-state index contributed by atoms with van der Waals surface area (Å²) in [5, 5.41) is 17.2. The highest BCUT2D eigenvalue weighted by molar-refractivity contribution is 6.34. The van der Waals surface area contributed by atoms with Gasteiger partial charge in [0.1, 0.15) is 5.02 Å². The standard InChI is InChI=1S/C15H12Cl2N2O2/c16-10-5-6-12-14(9-10)19(21,15(20)7-8-18-12)13-4-2-1-3-11(13)17/h1-6,9,18H,7-8H2. The first-order valence-electron chi connectivity index (χ1n) is 6.46. The molecule has 6 heteroatoms. The molecular weight excluding hydrogens is 311 g/mol. The number of nitrogens with zero attached hydrogens (tertiary/aromatic N) is 1. The number of carbonyl (C=O) groups excluding carboxylic acids is 1. The maximum absolute atomic E-state index is 13.5. The Kier molecular flexibility index (Phi) is 3.63. The first kappa shape index (κ1) is 14.4. The lowest BCUT2D eigenvalue weighted by Crippen LogP contribution is -2.43. The average Bonchev–Trinajstić information content (AvgIpc) is 2.59. The van der Waals surface area contributed by atoms with Crippen molar-refractivity contribution in [2.75, 3.05) is 11.9 Å². The monoisotopic (exact) mass is 322 g/mol. The van der Waals surface area contributed by atoms with Gasteiger partial charge >= 0.3 is 5.91 Å².